The maximum absolute atomic E-state index is 10.8. The van der Waals surface area contributed by atoms with E-state index in [9.17, 15) is 10.1 Å². The predicted octanol–water partition coefficient (Wildman–Crippen LogP) is 2.79. The molecule has 2 rings (SSSR count). The summed E-state index contributed by atoms with van der Waals surface area (Å²) in [4.78, 5) is 19.0. The molecule has 0 atom stereocenters. The number of hydrogen-bond donors (Lipinski definition) is 1. The number of nitrogens with zero attached hydrogens (tertiary/aromatic N) is 3. The molecule has 0 saturated heterocycles. The molecule has 6 nitrogen and oxygen atoms in total. The van der Waals surface area contributed by atoms with Gasteiger partial charge in [-0.3, -0.25) is 10.1 Å². The normalized spacial score (nSPS) is 10.2. The Morgan fingerprint density at radius 2 is 2.11 bits per heavy atom. The summed E-state index contributed by atoms with van der Waals surface area (Å²) < 4.78 is 0. The average Bonchev–Trinajstić information content (AvgIpc) is 2.38. The van der Waals surface area contributed by atoms with Gasteiger partial charge in [0.15, 0.2) is 0 Å². The molecule has 0 radical (unpaired) electrons. The molecule has 0 amide bonds. The smallest absolute Gasteiger partial charge is 0.270 e. The lowest BCUT2D eigenvalue weighted by Crippen LogP contribution is -2.04. The van der Waals surface area contributed by atoms with Crippen molar-refractivity contribution in [1.82, 2.24) is 9.97 Å². The van der Waals surface area contributed by atoms with Gasteiger partial charge < -0.3 is 5.32 Å². The lowest BCUT2D eigenvalue weighted by molar-refractivity contribution is -0.384. The van der Waals surface area contributed by atoms with E-state index < -0.39 is 4.92 Å². The molecule has 0 aliphatic heterocycles. The molecule has 0 bridgehead atoms. The topological polar surface area (TPSA) is 81.0 Å². The van der Waals surface area contributed by atoms with Crippen LogP contribution in [0.1, 0.15) is 12.6 Å². The van der Waals surface area contributed by atoms with Crippen molar-refractivity contribution in [2.24, 2.45) is 0 Å². The van der Waals surface area contributed by atoms with E-state index in [0.29, 0.717) is 17.2 Å². The fraction of sp³-hybridized carbons (Fsp3) is 0.231. The number of aryl methyl sites for hydroxylation is 1. The summed E-state index contributed by atoms with van der Waals surface area (Å²) in [6, 6.07) is 8.22. The Balaban J connectivity index is 2.46. The molecule has 98 valence electrons. The number of hydrogen-bond acceptors (Lipinski definition) is 5. The maximum Gasteiger partial charge on any atom is 0.270 e. The van der Waals surface area contributed by atoms with Crippen LogP contribution >= 0.6 is 0 Å². The summed E-state index contributed by atoms with van der Waals surface area (Å²) in [5.74, 6) is 0.531. The summed E-state index contributed by atoms with van der Waals surface area (Å²) in [7, 11) is 0. The molecule has 1 aromatic carbocycles. The Hall–Kier alpha value is -2.50. The number of nitrogens with one attached hydrogen (secondary N) is 1. The van der Waals surface area contributed by atoms with Crippen molar-refractivity contribution in [3.63, 3.8) is 0 Å². The maximum atomic E-state index is 10.8. The molecule has 0 saturated carbocycles. The van der Waals surface area contributed by atoms with E-state index in [-0.39, 0.29) is 5.69 Å². The van der Waals surface area contributed by atoms with Gasteiger partial charge in [0.25, 0.3) is 5.69 Å². The van der Waals surface area contributed by atoms with Crippen LogP contribution in [0, 0.1) is 17.0 Å². The Kier molecular flexibility index (Phi) is 3.70. The van der Waals surface area contributed by atoms with Crippen LogP contribution in [0.3, 0.4) is 0 Å². The number of anilines is 1. The summed E-state index contributed by atoms with van der Waals surface area (Å²) in [5, 5.41) is 13.8. The van der Waals surface area contributed by atoms with Gasteiger partial charge in [0.1, 0.15) is 0 Å². The van der Waals surface area contributed by atoms with Gasteiger partial charge in [-0.2, -0.15) is 0 Å². The Bertz CT molecular complexity index is 613. The fourth-order valence-corrected chi connectivity index (χ4v) is 1.73. The molecule has 0 fully saturated rings. The first-order valence-electron chi connectivity index (χ1n) is 5.94. The van der Waals surface area contributed by atoms with Crippen LogP contribution in [0.5, 0.6) is 0 Å². The lowest BCUT2D eigenvalue weighted by atomic mass is 10.1. The third-order valence-electron chi connectivity index (χ3n) is 2.54. The lowest BCUT2D eigenvalue weighted by Gasteiger charge is -2.06. The van der Waals surface area contributed by atoms with Gasteiger partial charge in [0, 0.05) is 29.9 Å². The summed E-state index contributed by atoms with van der Waals surface area (Å²) in [6.07, 6.45) is 0. The third-order valence-corrected chi connectivity index (χ3v) is 2.54. The molecular formula is C13H14N4O2. The highest BCUT2D eigenvalue weighted by atomic mass is 16.6. The number of non-ortho nitro benzene ring substituents is 1. The number of benzene rings is 1. The van der Waals surface area contributed by atoms with Crippen LogP contribution in [-0.4, -0.2) is 21.4 Å². The largest absolute Gasteiger partial charge is 0.354 e. The molecular weight excluding hydrogens is 244 g/mol. The van der Waals surface area contributed by atoms with Gasteiger partial charge >= 0.3 is 0 Å². The van der Waals surface area contributed by atoms with Crippen LogP contribution in [0.15, 0.2) is 30.3 Å². The Labute approximate surface area is 110 Å². The zero-order valence-corrected chi connectivity index (χ0v) is 10.8. The monoisotopic (exact) mass is 258 g/mol. The van der Waals surface area contributed by atoms with E-state index in [2.05, 4.69) is 15.3 Å². The van der Waals surface area contributed by atoms with Crippen LogP contribution in [-0.2, 0) is 0 Å². The van der Waals surface area contributed by atoms with Crippen molar-refractivity contribution in [3.8, 4) is 11.3 Å². The Morgan fingerprint density at radius 1 is 1.32 bits per heavy atom. The highest BCUT2D eigenvalue weighted by Gasteiger charge is 2.09. The third kappa shape index (κ3) is 3.04. The van der Waals surface area contributed by atoms with Gasteiger partial charge in [0.2, 0.25) is 5.95 Å². The van der Waals surface area contributed by atoms with E-state index in [0.717, 1.165) is 12.2 Å². The van der Waals surface area contributed by atoms with Crippen molar-refractivity contribution in [2.45, 2.75) is 13.8 Å². The minimum atomic E-state index is -0.414. The van der Waals surface area contributed by atoms with Gasteiger partial charge in [-0.05, 0) is 19.9 Å². The molecule has 2 aromatic rings. The summed E-state index contributed by atoms with van der Waals surface area (Å²) in [5.41, 5.74) is 2.25. The first kappa shape index (κ1) is 12.9. The molecule has 0 aliphatic carbocycles. The van der Waals surface area contributed by atoms with E-state index in [1.165, 1.54) is 12.1 Å². The number of rotatable bonds is 4. The second kappa shape index (κ2) is 5.43. The van der Waals surface area contributed by atoms with Crippen molar-refractivity contribution >= 4 is 11.6 Å². The standard InChI is InChI=1S/C13H14N4O2/c1-3-14-13-15-9(2)7-12(16-13)10-5-4-6-11(8-10)17(18)19/h4-8H,3H2,1-2H3,(H,14,15,16). The quantitative estimate of drug-likeness (QED) is 0.673. The number of nitro benzene ring substituents is 1. The van der Waals surface area contributed by atoms with E-state index in [1.807, 2.05) is 13.8 Å². The van der Waals surface area contributed by atoms with Crippen LogP contribution < -0.4 is 5.32 Å². The van der Waals surface area contributed by atoms with Crippen LogP contribution in [0.25, 0.3) is 11.3 Å². The van der Waals surface area contributed by atoms with Crippen molar-refractivity contribution in [1.29, 1.82) is 0 Å². The number of nitro groups is 1. The van der Waals surface area contributed by atoms with Gasteiger partial charge in [0.05, 0.1) is 10.6 Å². The van der Waals surface area contributed by atoms with Gasteiger partial charge in [-0.25, -0.2) is 9.97 Å². The van der Waals surface area contributed by atoms with E-state index >= 15 is 0 Å². The van der Waals surface area contributed by atoms with Crippen LogP contribution in [0.4, 0.5) is 11.6 Å². The number of aromatic nitrogens is 2. The zero-order chi connectivity index (χ0) is 13.8. The van der Waals surface area contributed by atoms with E-state index in [4.69, 9.17) is 0 Å². The zero-order valence-electron chi connectivity index (χ0n) is 10.8. The van der Waals surface area contributed by atoms with Crippen LogP contribution in [0.2, 0.25) is 0 Å². The summed E-state index contributed by atoms with van der Waals surface area (Å²) in [6.45, 7) is 4.54. The highest BCUT2D eigenvalue weighted by molar-refractivity contribution is 5.63. The Morgan fingerprint density at radius 3 is 2.79 bits per heavy atom. The highest BCUT2D eigenvalue weighted by Crippen LogP contribution is 2.23. The molecule has 1 aromatic heterocycles. The molecule has 19 heavy (non-hydrogen) atoms. The molecule has 1 heterocycles. The fourth-order valence-electron chi connectivity index (χ4n) is 1.73. The first-order chi connectivity index (χ1) is 9.10. The van der Waals surface area contributed by atoms with Crippen molar-refractivity contribution < 1.29 is 4.92 Å². The molecule has 6 heteroatoms. The van der Waals surface area contributed by atoms with Crippen molar-refractivity contribution in [2.75, 3.05) is 11.9 Å². The van der Waals surface area contributed by atoms with Crippen molar-refractivity contribution in [3.05, 3.63) is 46.1 Å². The minimum absolute atomic E-state index is 0.0544. The van der Waals surface area contributed by atoms with E-state index in [1.54, 1.807) is 18.2 Å². The second-order valence-electron chi connectivity index (χ2n) is 4.06. The molecule has 1 N–H and O–H groups in total. The minimum Gasteiger partial charge on any atom is -0.354 e. The molecule has 0 aliphatic rings. The predicted molar refractivity (Wildman–Crippen MR) is 73.0 cm³/mol. The first-order valence-corrected chi connectivity index (χ1v) is 5.94. The van der Waals surface area contributed by atoms with Gasteiger partial charge in [-0.15, -0.1) is 0 Å². The molecule has 0 unspecified atom stereocenters. The molecule has 0 spiro atoms. The average molecular weight is 258 g/mol. The van der Waals surface area contributed by atoms with Gasteiger partial charge in [-0.1, -0.05) is 12.1 Å². The SMILES string of the molecule is CCNc1nc(C)cc(-c2cccc([N+](=O)[O-])c2)n1. The second-order valence-corrected chi connectivity index (χ2v) is 4.06. The summed E-state index contributed by atoms with van der Waals surface area (Å²) >= 11 is 0.